The van der Waals surface area contributed by atoms with E-state index in [2.05, 4.69) is 15.3 Å². The first kappa shape index (κ1) is 11.9. The Labute approximate surface area is 114 Å². The lowest BCUT2D eigenvalue weighted by molar-refractivity contribution is -0.117. The van der Waals surface area contributed by atoms with Gasteiger partial charge < -0.3 is 10.1 Å². The van der Waals surface area contributed by atoms with E-state index in [0.717, 1.165) is 11.3 Å². The fourth-order valence-electron chi connectivity index (χ4n) is 1.97. The molecule has 1 aromatic heterocycles. The van der Waals surface area contributed by atoms with Gasteiger partial charge in [-0.2, -0.15) is 0 Å². The molecule has 0 spiro atoms. The molecule has 1 amide bonds. The third-order valence-electron chi connectivity index (χ3n) is 2.89. The molecule has 0 aliphatic carbocycles. The Morgan fingerprint density at radius 2 is 2.16 bits per heavy atom. The fourth-order valence-corrected chi connectivity index (χ4v) is 2.07. The van der Waals surface area contributed by atoms with Crippen LogP contribution in [-0.4, -0.2) is 22.5 Å². The van der Waals surface area contributed by atoms with Crippen molar-refractivity contribution in [3.8, 4) is 5.75 Å². The molecule has 3 rings (SSSR count). The van der Waals surface area contributed by atoms with Gasteiger partial charge in [0.1, 0.15) is 23.4 Å². The number of carbonyl (C=O) groups is 1. The summed E-state index contributed by atoms with van der Waals surface area (Å²) in [6, 6.07) is 7.50. The van der Waals surface area contributed by atoms with Gasteiger partial charge in [0.15, 0.2) is 5.82 Å². The van der Waals surface area contributed by atoms with Crippen molar-refractivity contribution in [1.82, 2.24) is 9.97 Å². The van der Waals surface area contributed by atoms with Crippen molar-refractivity contribution in [1.29, 1.82) is 0 Å². The Morgan fingerprint density at radius 1 is 1.32 bits per heavy atom. The number of benzene rings is 1. The summed E-state index contributed by atoms with van der Waals surface area (Å²) in [5, 5.41) is 2.99. The minimum absolute atomic E-state index is 0.165. The summed E-state index contributed by atoms with van der Waals surface area (Å²) in [5.41, 5.74) is 0.891. The highest BCUT2D eigenvalue weighted by Gasteiger charge is 2.30. The second-order valence-electron chi connectivity index (χ2n) is 4.12. The van der Waals surface area contributed by atoms with Crippen molar-refractivity contribution in [3.05, 3.63) is 47.4 Å². The zero-order valence-electron chi connectivity index (χ0n) is 9.84. The van der Waals surface area contributed by atoms with E-state index < -0.39 is 0 Å². The molecule has 1 aromatic carbocycles. The molecule has 6 heteroatoms. The van der Waals surface area contributed by atoms with E-state index in [0.29, 0.717) is 12.4 Å². The van der Waals surface area contributed by atoms with Gasteiger partial charge in [-0.05, 0) is 6.07 Å². The Balaban J connectivity index is 1.77. The minimum atomic E-state index is -0.325. The van der Waals surface area contributed by atoms with E-state index in [1.54, 1.807) is 0 Å². The van der Waals surface area contributed by atoms with Gasteiger partial charge in [0, 0.05) is 5.56 Å². The maximum absolute atomic E-state index is 12.2. The van der Waals surface area contributed by atoms with Gasteiger partial charge in [-0.25, -0.2) is 9.97 Å². The molecule has 0 radical (unpaired) electrons. The first-order chi connectivity index (χ1) is 9.24. The molecule has 1 N–H and O–H groups in total. The van der Waals surface area contributed by atoms with Crippen LogP contribution in [0.15, 0.2) is 36.7 Å². The molecule has 0 saturated heterocycles. The van der Waals surface area contributed by atoms with Gasteiger partial charge in [-0.3, -0.25) is 4.79 Å². The number of anilines is 1. The topological polar surface area (TPSA) is 64.1 Å². The van der Waals surface area contributed by atoms with Crippen molar-refractivity contribution in [2.45, 2.75) is 5.92 Å². The van der Waals surface area contributed by atoms with Gasteiger partial charge in [0.25, 0.3) is 0 Å². The number of carbonyl (C=O) groups excluding carboxylic acids is 1. The van der Waals surface area contributed by atoms with Crippen molar-refractivity contribution in [3.63, 3.8) is 0 Å². The molecule has 1 aliphatic heterocycles. The van der Waals surface area contributed by atoms with Crippen molar-refractivity contribution >= 4 is 23.3 Å². The molecule has 0 saturated carbocycles. The van der Waals surface area contributed by atoms with E-state index >= 15 is 0 Å². The quantitative estimate of drug-likeness (QED) is 0.913. The van der Waals surface area contributed by atoms with E-state index in [9.17, 15) is 4.79 Å². The number of hydrogen-bond acceptors (Lipinski definition) is 4. The number of hydrogen-bond donors (Lipinski definition) is 1. The normalized spacial score (nSPS) is 16.6. The lowest BCUT2D eigenvalue weighted by Gasteiger charge is -2.09. The SMILES string of the molecule is O=C(Nc1cnc(Cl)cn1)C1COc2ccccc21. The third kappa shape index (κ3) is 2.37. The number of amides is 1. The van der Waals surface area contributed by atoms with Crippen LogP contribution in [0, 0.1) is 0 Å². The minimum Gasteiger partial charge on any atom is -0.492 e. The van der Waals surface area contributed by atoms with Gasteiger partial charge in [0.2, 0.25) is 5.91 Å². The molecule has 1 atom stereocenters. The summed E-state index contributed by atoms with van der Waals surface area (Å²) in [5.74, 6) is 0.638. The molecule has 5 nitrogen and oxygen atoms in total. The van der Waals surface area contributed by atoms with Crippen LogP contribution < -0.4 is 10.1 Å². The summed E-state index contributed by atoms with van der Waals surface area (Å²) < 4.78 is 5.47. The molecular weight excluding hydrogens is 266 g/mol. The van der Waals surface area contributed by atoms with Crippen LogP contribution in [0.2, 0.25) is 5.15 Å². The number of aromatic nitrogens is 2. The van der Waals surface area contributed by atoms with Gasteiger partial charge in [0.05, 0.1) is 12.4 Å². The number of nitrogens with one attached hydrogen (secondary N) is 1. The van der Waals surface area contributed by atoms with Gasteiger partial charge in [-0.1, -0.05) is 29.8 Å². The Hall–Kier alpha value is -2.14. The summed E-state index contributed by atoms with van der Waals surface area (Å²) in [7, 11) is 0. The number of rotatable bonds is 2. The summed E-state index contributed by atoms with van der Waals surface area (Å²) >= 11 is 5.64. The Kier molecular flexibility index (Phi) is 3.05. The maximum Gasteiger partial charge on any atom is 0.236 e. The van der Waals surface area contributed by atoms with E-state index in [1.165, 1.54) is 12.4 Å². The lowest BCUT2D eigenvalue weighted by atomic mass is 10.0. The molecule has 2 aromatic rings. The number of fused-ring (bicyclic) bond motifs is 1. The van der Waals surface area contributed by atoms with Crippen LogP contribution >= 0.6 is 11.6 Å². The van der Waals surface area contributed by atoms with E-state index in [1.807, 2.05) is 24.3 Å². The second-order valence-corrected chi connectivity index (χ2v) is 4.50. The van der Waals surface area contributed by atoms with Crippen LogP contribution in [0.4, 0.5) is 5.82 Å². The first-order valence-corrected chi connectivity index (χ1v) is 6.12. The van der Waals surface area contributed by atoms with Crippen molar-refractivity contribution in [2.75, 3.05) is 11.9 Å². The zero-order valence-corrected chi connectivity index (χ0v) is 10.6. The second kappa shape index (κ2) is 4.85. The standard InChI is InChI=1S/C13H10ClN3O2/c14-11-5-16-12(6-15-11)17-13(18)9-7-19-10-4-2-1-3-8(9)10/h1-6,9H,7H2,(H,16,17,18). The zero-order chi connectivity index (χ0) is 13.2. The Morgan fingerprint density at radius 3 is 2.95 bits per heavy atom. The van der Waals surface area contributed by atoms with E-state index in [4.69, 9.17) is 16.3 Å². The van der Waals surface area contributed by atoms with Crippen molar-refractivity contribution in [2.24, 2.45) is 0 Å². The summed E-state index contributed by atoms with van der Waals surface area (Å²) in [6.45, 7) is 0.339. The number of halogens is 1. The average Bonchev–Trinajstić information content (AvgIpc) is 2.85. The van der Waals surface area contributed by atoms with Crippen LogP contribution in [-0.2, 0) is 4.79 Å². The number of para-hydroxylation sites is 1. The highest BCUT2D eigenvalue weighted by molar-refractivity contribution is 6.29. The smallest absolute Gasteiger partial charge is 0.236 e. The molecule has 1 unspecified atom stereocenters. The van der Waals surface area contributed by atoms with Crippen LogP contribution in [0.25, 0.3) is 0 Å². The van der Waals surface area contributed by atoms with Crippen LogP contribution in [0.1, 0.15) is 11.5 Å². The number of ether oxygens (including phenoxy) is 1. The van der Waals surface area contributed by atoms with Crippen LogP contribution in [0.3, 0.4) is 0 Å². The fraction of sp³-hybridized carbons (Fsp3) is 0.154. The third-order valence-corrected chi connectivity index (χ3v) is 3.08. The van der Waals surface area contributed by atoms with E-state index in [-0.39, 0.29) is 17.0 Å². The van der Waals surface area contributed by atoms with Gasteiger partial charge >= 0.3 is 0 Å². The van der Waals surface area contributed by atoms with Crippen molar-refractivity contribution < 1.29 is 9.53 Å². The highest BCUT2D eigenvalue weighted by Crippen LogP contribution is 2.33. The first-order valence-electron chi connectivity index (χ1n) is 5.74. The summed E-state index contributed by atoms with van der Waals surface area (Å²) in [6.07, 6.45) is 2.80. The largest absolute Gasteiger partial charge is 0.492 e. The monoisotopic (exact) mass is 275 g/mol. The molecular formula is C13H10ClN3O2. The highest BCUT2D eigenvalue weighted by atomic mass is 35.5. The molecule has 2 heterocycles. The molecule has 1 aliphatic rings. The average molecular weight is 276 g/mol. The molecule has 0 bridgehead atoms. The number of nitrogens with zero attached hydrogens (tertiary/aromatic N) is 2. The van der Waals surface area contributed by atoms with Crippen LogP contribution in [0.5, 0.6) is 5.75 Å². The molecule has 96 valence electrons. The predicted molar refractivity (Wildman–Crippen MR) is 70.3 cm³/mol. The van der Waals surface area contributed by atoms with Gasteiger partial charge in [-0.15, -0.1) is 0 Å². The molecule has 0 fully saturated rings. The Bertz CT molecular complexity index is 616. The predicted octanol–water partition coefficient (Wildman–Crippen LogP) is 2.24. The lowest BCUT2D eigenvalue weighted by Crippen LogP contribution is -2.22. The maximum atomic E-state index is 12.2. The summed E-state index contributed by atoms with van der Waals surface area (Å²) in [4.78, 5) is 20.0. The molecule has 19 heavy (non-hydrogen) atoms.